The summed E-state index contributed by atoms with van der Waals surface area (Å²) in [5.74, 6) is 1.77. The average Bonchev–Trinajstić information content (AvgIpc) is 2.71. The van der Waals surface area contributed by atoms with Gasteiger partial charge in [0.25, 0.3) is 0 Å². The van der Waals surface area contributed by atoms with E-state index in [-0.39, 0.29) is 0 Å². The molecule has 0 aliphatic heterocycles. The van der Waals surface area contributed by atoms with Crippen LogP contribution in [0, 0.1) is 11.2 Å². The molecule has 0 atom stereocenters. The van der Waals surface area contributed by atoms with Crippen molar-refractivity contribution in [3.05, 3.63) is 91.0 Å². The van der Waals surface area contributed by atoms with Gasteiger partial charge >= 0.3 is 6.71 Å². The number of hydrogen-bond donors (Lipinski definition) is 0. The second-order valence-corrected chi connectivity index (χ2v) is 10.2. The van der Waals surface area contributed by atoms with Gasteiger partial charge in [0, 0.05) is 5.97 Å². The van der Waals surface area contributed by atoms with Gasteiger partial charge in [-0.2, -0.15) is 0 Å². The molecule has 142 valence electrons. The number of hydrogen-bond acceptors (Lipinski definition) is 1. The molecular formula is C21H17BCl4NP. The number of halogens is 4. The monoisotopic (exact) mass is 465 g/mol. The maximum atomic E-state index is 8.28. The molecule has 0 saturated heterocycles. The van der Waals surface area contributed by atoms with Crippen LogP contribution in [0.3, 0.4) is 0 Å². The van der Waals surface area contributed by atoms with Crippen LogP contribution in [0.15, 0.2) is 91.0 Å². The standard InChI is InChI=1S/C18H15P.C3H2BCl4N/c1-4-10-16(11-5-1)19(17-12-6-2-7-13-17)18-14-8-3-9-15-18;5-2(6)4(1-9)3(7)8/h1-15H;2-3H. The lowest BCUT2D eigenvalue weighted by molar-refractivity contribution is 1.53. The number of benzene rings is 3. The Labute approximate surface area is 188 Å². The van der Waals surface area contributed by atoms with Crippen LogP contribution in [0.2, 0.25) is 0 Å². The van der Waals surface area contributed by atoms with Gasteiger partial charge in [-0.25, -0.2) is 5.26 Å². The van der Waals surface area contributed by atoms with Crippen LogP contribution in [0.1, 0.15) is 0 Å². The Bertz CT molecular complexity index is 756. The Kier molecular flexibility index (Phi) is 10.2. The molecule has 0 bridgehead atoms. The maximum Gasteiger partial charge on any atom is 0.338 e. The quantitative estimate of drug-likeness (QED) is 0.270. The molecule has 0 fully saturated rings. The van der Waals surface area contributed by atoms with Gasteiger partial charge in [-0.05, 0) is 23.8 Å². The summed E-state index contributed by atoms with van der Waals surface area (Å²) in [5, 5.41) is 12.5. The topological polar surface area (TPSA) is 23.8 Å². The molecule has 3 aromatic carbocycles. The number of nitriles is 1. The number of alkyl halides is 4. The van der Waals surface area contributed by atoms with Gasteiger partial charge in [0.1, 0.15) is 9.47 Å². The van der Waals surface area contributed by atoms with Crippen LogP contribution in [0.5, 0.6) is 0 Å². The van der Waals surface area contributed by atoms with Crippen LogP contribution in [0.4, 0.5) is 0 Å². The number of rotatable bonds is 5. The van der Waals surface area contributed by atoms with Crippen LogP contribution < -0.4 is 15.9 Å². The molecule has 0 aliphatic carbocycles. The predicted octanol–water partition coefficient (Wildman–Crippen LogP) is 5.67. The maximum absolute atomic E-state index is 8.28. The molecule has 0 heterocycles. The van der Waals surface area contributed by atoms with Crippen molar-refractivity contribution in [1.82, 2.24) is 0 Å². The van der Waals surface area contributed by atoms with Crippen molar-refractivity contribution in [2.75, 3.05) is 0 Å². The van der Waals surface area contributed by atoms with E-state index in [1.807, 2.05) is 0 Å². The van der Waals surface area contributed by atoms with Crippen LogP contribution >= 0.6 is 54.3 Å². The van der Waals surface area contributed by atoms with E-state index in [4.69, 9.17) is 51.7 Å². The molecule has 0 amide bonds. The minimum Gasteiger partial charge on any atom is -0.212 e. The zero-order valence-electron chi connectivity index (χ0n) is 14.8. The normalized spacial score (nSPS) is 10.4. The highest BCUT2D eigenvalue weighted by Crippen LogP contribution is 2.32. The lowest BCUT2D eigenvalue weighted by Gasteiger charge is -2.18. The van der Waals surface area contributed by atoms with Gasteiger partial charge < -0.3 is 0 Å². The second kappa shape index (κ2) is 12.4. The van der Waals surface area contributed by atoms with Crippen LogP contribution in [-0.4, -0.2) is 16.2 Å². The van der Waals surface area contributed by atoms with E-state index in [0.29, 0.717) is 0 Å². The van der Waals surface area contributed by atoms with Gasteiger partial charge in [0.05, 0.1) is 0 Å². The third kappa shape index (κ3) is 7.00. The zero-order chi connectivity index (χ0) is 20.4. The summed E-state index contributed by atoms with van der Waals surface area (Å²) in [5.41, 5.74) is 0. The van der Waals surface area contributed by atoms with Crippen LogP contribution in [-0.2, 0) is 0 Å². The summed E-state index contributed by atoms with van der Waals surface area (Å²) in [6.07, 6.45) is 0. The molecule has 0 N–H and O–H groups in total. The van der Waals surface area contributed by atoms with Crippen molar-refractivity contribution in [3.63, 3.8) is 0 Å². The predicted molar refractivity (Wildman–Crippen MR) is 128 cm³/mol. The minimum absolute atomic E-state index is 0.446. The molecule has 0 aliphatic rings. The first kappa shape index (κ1) is 23.1. The van der Waals surface area contributed by atoms with Gasteiger partial charge in [-0.1, -0.05) is 91.0 Å². The minimum atomic E-state index is -0.824. The SMILES string of the molecule is N#CB(C(Cl)Cl)C(Cl)Cl.c1ccc(P(c2ccccc2)c2ccccc2)cc1. The second-order valence-electron chi connectivity index (χ2n) is 5.67. The Hall–Kier alpha value is -1.20. The summed E-state index contributed by atoms with van der Waals surface area (Å²) in [6, 6.07) is 32.3. The van der Waals surface area contributed by atoms with E-state index in [1.54, 1.807) is 5.97 Å². The van der Waals surface area contributed by atoms with E-state index >= 15 is 0 Å². The molecule has 0 spiro atoms. The Morgan fingerprint density at radius 3 is 1.07 bits per heavy atom. The zero-order valence-corrected chi connectivity index (χ0v) is 18.7. The van der Waals surface area contributed by atoms with E-state index in [2.05, 4.69) is 91.0 Å². The van der Waals surface area contributed by atoms with Crippen molar-refractivity contribution >= 4 is 77.0 Å². The Morgan fingerprint density at radius 1 is 0.607 bits per heavy atom. The lowest BCUT2D eigenvalue weighted by atomic mass is 9.55. The van der Waals surface area contributed by atoms with Gasteiger partial charge in [0.2, 0.25) is 0 Å². The highest BCUT2D eigenvalue weighted by atomic mass is 35.5. The molecule has 28 heavy (non-hydrogen) atoms. The fourth-order valence-corrected chi connectivity index (χ4v) is 5.81. The first-order chi connectivity index (χ1) is 13.5. The van der Waals surface area contributed by atoms with Gasteiger partial charge in [-0.15, -0.1) is 46.4 Å². The van der Waals surface area contributed by atoms with E-state index in [9.17, 15) is 0 Å². The highest BCUT2D eigenvalue weighted by molar-refractivity contribution is 7.79. The third-order valence-corrected chi connectivity index (χ3v) is 7.26. The van der Waals surface area contributed by atoms with E-state index in [0.717, 1.165) is 0 Å². The van der Waals surface area contributed by atoms with Gasteiger partial charge in [-0.3, -0.25) is 0 Å². The van der Waals surface area contributed by atoms with Crippen molar-refractivity contribution in [3.8, 4) is 5.97 Å². The first-order valence-electron chi connectivity index (χ1n) is 8.45. The number of nitrogens with zero attached hydrogens (tertiary/aromatic N) is 1. The third-order valence-electron chi connectivity index (χ3n) is 3.74. The van der Waals surface area contributed by atoms with Crippen molar-refractivity contribution < 1.29 is 0 Å². The fourth-order valence-electron chi connectivity index (χ4n) is 2.40. The molecule has 0 aromatic heterocycles. The van der Waals surface area contributed by atoms with E-state index in [1.165, 1.54) is 15.9 Å². The average molecular weight is 467 g/mol. The first-order valence-corrected chi connectivity index (χ1v) is 11.5. The summed E-state index contributed by atoms with van der Waals surface area (Å²) in [4.78, 5) is 0. The molecule has 1 nitrogen and oxygen atoms in total. The summed E-state index contributed by atoms with van der Waals surface area (Å²) < 4.78 is -1.65. The molecule has 0 radical (unpaired) electrons. The van der Waals surface area contributed by atoms with Crippen molar-refractivity contribution in [2.24, 2.45) is 0 Å². The fraction of sp³-hybridized carbons (Fsp3) is 0.0952. The largest absolute Gasteiger partial charge is 0.338 e. The Morgan fingerprint density at radius 2 is 0.893 bits per heavy atom. The van der Waals surface area contributed by atoms with E-state index < -0.39 is 24.1 Å². The molecule has 3 rings (SSSR count). The highest BCUT2D eigenvalue weighted by Gasteiger charge is 2.29. The molecular weight excluding hydrogens is 450 g/mol. The smallest absolute Gasteiger partial charge is 0.212 e. The Balaban J connectivity index is 0.000000266. The van der Waals surface area contributed by atoms with Gasteiger partial charge in [0.15, 0.2) is 0 Å². The molecule has 7 heteroatoms. The summed E-state index contributed by atoms with van der Waals surface area (Å²) in [6.45, 7) is -0.711. The van der Waals surface area contributed by atoms with Crippen molar-refractivity contribution in [1.29, 1.82) is 5.26 Å². The molecule has 3 aromatic rings. The van der Waals surface area contributed by atoms with Crippen LogP contribution in [0.25, 0.3) is 0 Å². The summed E-state index contributed by atoms with van der Waals surface area (Å²) >= 11 is 21.3. The molecule has 0 unspecified atom stereocenters. The summed E-state index contributed by atoms with van der Waals surface area (Å²) in [7, 11) is -0.446. The molecule has 0 saturated carbocycles. The van der Waals surface area contributed by atoms with Crippen molar-refractivity contribution in [2.45, 2.75) is 9.47 Å². The lowest BCUT2D eigenvalue weighted by Crippen LogP contribution is -2.28.